The standard InChI is InChI=1S/C17H25NO4/c1-4-15(12-19)18(11-13(2)17(21)22-3)16(20)10-14-8-6-5-7-9-14/h5-9,13,15,19H,4,10-12H2,1-3H3. The fourth-order valence-electron chi connectivity index (χ4n) is 2.35. The highest BCUT2D eigenvalue weighted by molar-refractivity contribution is 5.80. The van der Waals surface area contributed by atoms with E-state index in [2.05, 4.69) is 0 Å². The molecule has 2 unspecified atom stereocenters. The summed E-state index contributed by atoms with van der Waals surface area (Å²) >= 11 is 0. The molecule has 0 spiro atoms. The molecule has 5 heteroatoms. The van der Waals surface area contributed by atoms with Crippen molar-refractivity contribution in [2.24, 2.45) is 5.92 Å². The molecular weight excluding hydrogens is 282 g/mol. The topological polar surface area (TPSA) is 66.8 Å². The molecule has 0 heterocycles. The van der Waals surface area contributed by atoms with Crippen molar-refractivity contribution in [2.45, 2.75) is 32.7 Å². The summed E-state index contributed by atoms with van der Waals surface area (Å²) in [4.78, 5) is 25.8. The fourth-order valence-corrected chi connectivity index (χ4v) is 2.35. The quantitative estimate of drug-likeness (QED) is 0.741. The first-order valence-corrected chi connectivity index (χ1v) is 7.55. The van der Waals surface area contributed by atoms with Crippen LogP contribution in [0.1, 0.15) is 25.8 Å². The van der Waals surface area contributed by atoms with Crippen LogP contribution in [-0.4, -0.2) is 48.2 Å². The number of rotatable bonds is 8. The normalized spacial score (nSPS) is 13.3. The van der Waals surface area contributed by atoms with E-state index in [1.807, 2.05) is 37.3 Å². The molecule has 0 aliphatic heterocycles. The van der Waals surface area contributed by atoms with Crippen LogP contribution in [0.2, 0.25) is 0 Å². The van der Waals surface area contributed by atoms with Crippen LogP contribution in [0.15, 0.2) is 30.3 Å². The lowest BCUT2D eigenvalue weighted by Gasteiger charge is -2.31. The molecule has 0 saturated heterocycles. The third kappa shape index (κ3) is 5.15. The summed E-state index contributed by atoms with van der Waals surface area (Å²) in [6, 6.07) is 9.15. The Bertz CT molecular complexity index is 471. The molecule has 0 radical (unpaired) electrons. The highest BCUT2D eigenvalue weighted by Gasteiger charge is 2.26. The first-order chi connectivity index (χ1) is 10.5. The minimum absolute atomic E-state index is 0.0946. The number of ether oxygens (including phenoxy) is 1. The van der Waals surface area contributed by atoms with Crippen LogP contribution in [0, 0.1) is 5.92 Å². The Morgan fingerprint density at radius 2 is 1.91 bits per heavy atom. The van der Waals surface area contributed by atoms with Crippen LogP contribution >= 0.6 is 0 Å². The van der Waals surface area contributed by atoms with Gasteiger partial charge in [-0.1, -0.05) is 44.2 Å². The van der Waals surface area contributed by atoms with E-state index in [1.165, 1.54) is 7.11 Å². The number of nitrogens with zero attached hydrogens (tertiary/aromatic N) is 1. The summed E-state index contributed by atoms with van der Waals surface area (Å²) < 4.78 is 4.72. The van der Waals surface area contributed by atoms with Crippen molar-refractivity contribution in [1.82, 2.24) is 4.90 Å². The third-order valence-electron chi connectivity index (χ3n) is 3.72. The molecule has 1 rings (SSSR count). The molecule has 0 aliphatic rings. The Balaban J connectivity index is 2.84. The average Bonchev–Trinajstić information content (AvgIpc) is 2.54. The molecule has 0 bridgehead atoms. The lowest BCUT2D eigenvalue weighted by Crippen LogP contribution is -2.46. The maximum Gasteiger partial charge on any atom is 0.310 e. The SMILES string of the molecule is CCC(CO)N(CC(C)C(=O)OC)C(=O)Cc1ccccc1. The number of aliphatic hydroxyl groups is 1. The highest BCUT2D eigenvalue weighted by atomic mass is 16.5. The third-order valence-corrected chi connectivity index (χ3v) is 3.72. The average molecular weight is 307 g/mol. The number of carbonyl (C=O) groups is 2. The number of esters is 1. The van der Waals surface area contributed by atoms with Crippen LogP contribution in [0.25, 0.3) is 0 Å². The minimum Gasteiger partial charge on any atom is -0.469 e. The van der Waals surface area contributed by atoms with Gasteiger partial charge in [0.2, 0.25) is 5.91 Å². The van der Waals surface area contributed by atoms with E-state index in [-0.39, 0.29) is 37.5 Å². The summed E-state index contributed by atoms with van der Waals surface area (Å²) in [5.74, 6) is -0.876. The molecule has 0 fully saturated rings. The number of methoxy groups -OCH3 is 1. The van der Waals surface area contributed by atoms with Crippen LogP contribution in [0.5, 0.6) is 0 Å². The van der Waals surface area contributed by atoms with Gasteiger partial charge in [-0.25, -0.2) is 0 Å². The van der Waals surface area contributed by atoms with Crippen molar-refractivity contribution >= 4 is 11.9 Å². The molecule has 5 nitrogen and oxygen atoms in total. The molecule has 1 N–H and O–H groups in total. The van der Waals surface area contributed by atoms with Crippen molar-refractivity contribution in [1.29, 1.82) is 0 Å². The summed E-state index contributed by atoms with van der Waals surface area (Å²) in [5.41, 5.74) is 0.913. The predicted molar refractivity (Wildman–Crippen MR) is 84.2 cm³/mol. The van der Waals surface area contributed by atoms with Gasteiger partial charge < -0.3 is 14.7 Å². The van der Waals surface area contributed by atoms with Gasteiger partial charge in [0.25, 0.3) is 0 Å². The molecule has 1 aromatic carbocycles. The van der Waals surface area contributed by atoms with E-state index >= 15 is 0 Å². The number of benzene rings is 1. The monoisotopic (exact) mass is 307 g/mol. The molecule has 1 amide bonds. The van der Waals surface area contributed by atoms with Gasteiger partial charge in [0.05, 0.1) is 32.1 Å². The molecule has 0 saturated carbocycles. The first-order valence-electron chi connectivity index (χ1n) is 7.55. The summed E-state index contributed by atoms with van der Waals surface area (Å²) in [6.45, 7) is 3.76. The Kier molecular flexibility index (Phi) is 7.60. The summed E-state index contributed by atoms with van der Waals surface area (Å²) in [5, 5.41) is 9.51. The van der Waals surface area contributed by atoms with Crippen LogP contribution in [-0.2, 0) is 20.7 Å². The number of hydrogen-bond acceptors (Lipinski definition) is 4. The number of hydrogen-bond donors (Lipinski definition) is 1. The maximum atomic E-state index is 12.6. The van der Waals surface area contributed by atoms with E-state index in [0.717, 1.165) is 5.56 Å². The van der Waals surface area contributed by atoms with E-state index in [0.29, 0.717) is 6.42 Å². The van der Waals surface area contributed by atoms with Crippen molar-refractivity contribution in [3.05, 3.63) is 35.9 Å². The molecule has 122 valence electrons. The minimum atomic E-state index is -0.426. The van der Waals surface area contributed by atoms with Crippen molar-refractivity contribution < 1.29 is 19.4 Å². The van der Waals surface area contributed by atoms with Gasteiger partial charge in [-0.05, 0) is 12.0 Å². The lowest BCUT2D eigenvalue weighted by atomic mass is 10.1. The Labute approximate surface area is 131 Å². The molecule has 2 atom stereocenters. The van der Waals surface area contributed by atoms with Crippen LogP contribution < -0.4 is 0 Å². The fraction of sp³-hybridized carbons (Fsp3) is 0.529. The van der Waals surface area contributed by atoms with E-state index in [9.17, 15) is 14.7 Å². The van der Waals surface area contributed by atoms with Gasteiger partial charge in [-0.15, -0.1) is 0 Å². The van der Waals surface area contributed by atoms with Gasteiger partial charge in [0, 0.05) is 6.54 Å². The Morgan fingerprint density at radius 1 is 1.27 bits per heavy atom. The smallest absolute Gasteiger partial charge is 0.310 e. The van der Waals surface area contributed by atoms with Crippen molar-refractivity contribution in [2.75, 3.05) is 20.3 Å². The summed E-state index contributed by atoms with van der Waals surface area (Å²) in [6.07, 6.45) is 0.885. The second kappa shape index (κ2) is 9.20. The Hall–Kier alpha value is -1.88. The van der Waals surface area contributed by atoms with Gasteiger partial charge in [-0.3, -0.25) is 9.59 Å². The molecule has 0 aromatic heterocycles. The number of carbonyl (C=O) groups excluding carboxylic acids is 2. The Morgan fingerprint density at radius 3 is 2.41 bits per heavy atom. The van der Waals surface area contributed by atoms with E-state index in [1.54, 1.807) is 11.8 Å². The zero-order valence-electron chi connectivity index (χ0n) is 13.5. The van der Waals surface area contributed by atoms with Crippen molar-refractivity contribution in [3.63, 3.8) is 0 Å². The van der Waals surface area contributed by atoms with Gasteiger partial charge in [-0.2, -0.15) is 0 Å². The molecule has 22 heavy (non-hydrogen) atoms. The molecule has 0 aliphatic carbocycles. The van der Waals surface area contributed by atoms with Crippen LogP contribution in [0.3, 0.4) is 0 Å². The van der Waals surface area contributed by atoms with Gasteiger partial charge in [0.15, 0.2) is 0 Å². The van der Waals surface area contributed by atoms with Crippen molar-refractivity contribution in [3.8, 4) is 0 Å². The zero-order chi connectivity index (χ0) is 16.5. The lowest BCUT2D eigenvalue weighted by molar-refractivity contribution is -0.147. The van der Waals surface area contributed by atoms with E-state index in [4.69, 9.17) is 4.74 Å². The number of amides is 1. The van der Waals surface area contributed by atoms with E-state index < -0.39 is 5.92 Å². The summed E-state index contributed by atoms with van der Waals surface area (Å²) in [7, 11) is 1.33. The number of aliphatic hydroxyl groups excluding tert-OH is 1. The second-order valence-corrected chi connectivity index (χ2v) is 5.38. The molecular formula is C17H25NO4. The van der Waals surface area contributed by atoms with Crippen LogP contribution in [0.4, 0.5) is 0 Å². The zero-order valence-corrected chi connectivity index (χ0v) is 13.5. The second-order valence-electron chi connectivity index (χ2n) is 5.38. The largest absolute Gasteiger partial charge is 0.469 e. The maximum absolute atomic E-state index is 12.6. The first kappa shape index (κ1) is 18.2. The van der Waals surface area contributed by atoms with Gasteiger partial charge >= 0.3 is 5.97 Å². The van der Waals surface area contributed by atoms with Gasteiger partial charge in [0.1, 0.15) is 0 Å². The molecule has 1 aromatic rings. The highest BCUT2D eigenvalue weighted by Crippen LogP contribution is 2.12. The predicted octanol–water partition coefficient (Wildman–Crippen LogP) is 1.64.